The second-order valence-electron chi connectivity index (χ2n) is 5.53. The Labute approximate surface area is 153 Å². The number of carbonyl (C=O) groups is 1. The molecule has 0 unspecified atom stereocenters. The highest BCUT2D eigenvalue weighted by molar-refractivity contribution is 7.89. The van der Waals surface area contributed by atoms with Crippen molar-refractivity contribution >= 4 is 27.3 Å². The van der Waals surface area contributed by atoms with Crippen LogP contribution in [0.5, 0.6) is 6.01 Å². The van der Waals surface area contributed by atoms with E-state index in [1.165, 1.54) is 22.9 Å². The van der Waals surface area contributed by atoms with Crippen molar-refractivity contribution in [3.05, 3.63) is 34.5 Å². The zero-order valence-electron chi connectivity index (χ0n) is 13.8. The number of rotatable bonds is 5. The topological polar surface area (TPSA) is 98.7 Å². The molecule has 1 aliphatic rings. The van der Waals surface area contributed by atoms with Gasteiger partial charge in [0, 0.05) is 6.54 Å². The number of methoxy groups -OCH3 is 1. The maximum Gasteiger partial charge on any atom is 0.349 e. The molecule has 0 radical (unpaired) electrons. The number of aromatic nitrogens is 2. The van der Waals surface area contributed by atoms with Crippen molar-refractivity contribution in [1.82, 2.24) is 14.3 Å². The van der Waals surface area contributed by atoms with E-state index >= 15 is 0 Å². The van der Waals surface area contributed by atoms with Crippen molar-refractivity contribution in [1.29, 1.82) is 0 Å². The van der Waals surface area contributed by atoms with Gasteiger partial charge in [0.25, 0.3) is 0 Å². The molecule has 140 valence electrons. The van der Waals surface area contributed by atoms with Gasteiger partial charge in [-0.05, 0) is 24.3 Å². The zero-order chi connectivity index (χ0) is 18.7. The summed E-state index contributed by atoms with van der Waals surface area (Å²) in [7, 11) is -2.67. The number of thiophene rings is 1. The fourth-order valence-corrected chi connectivity index (χ4v) is 5.43. The number of halogens is 1. The molecule has 0 N–H and O–H groups in total. The normalized spacial score (nSPS) is 18.5. The number of nitrogens with zero attached hydrogens (tertiary/aromatic N) is 3. The highest BCUT2D eigenvalue weighted by Gasteiger charge is 2.34. The fourth-order valence-electron chi connectivity index (χ4n) is 2.61. The second kappa shape index (κ2) is 7.64. The average Bonchev–Trinajstić information content (AvgIpc) is 3.14. The zero-order valence-corrected chi connectivity index (χ0v) is 15.4. The van der Waals surface area contributed by atoms with E-state index in [2.05, 4.69) is 14.7 Å². The van der Waals surface area contributed by atoms with Gasteiger partial charge in [0.15, 0.2) is 5.82 Å². The predicted molar refractivity (Wildman–Crippen MR) is 90.1 cm³/mol. The monoisotopic (exact) mass is 401 g/mol. The lowest BCUT2D eigenvalue weighted by molar-refractivity contribution is 0.0602. The number of ether oxygens (including phenoxy) is 2. The van der Waals surface area contributed by atoms with Gasteiger partial charge in [0.2, 0.25) is 10.0 Å². The molecule has 3 heterocycles. The number of hydrogen-bond donors (Lipinski definition) is 0. The number of piperidine rings is 1. The maximum absolute atomic E-state index is 12.9. The van der Waals surface area contributed by atoms with Gasteiger partial charge in [0.1, 0.15) is 15.9 Å². The lowest BCUT2D eigenvalue weighted by Crippen LogP contribution is -2.44. The molecule has 0 spiro atoms. The van der Waals surface area contributed by atoms with Crippen LogP contribution < -0.4 is 4.74 Å². The third-order valence-corrected chi connectivity index (χ3v) is 6.76. The first-order valence-corrected chi connectivity index (χ1v) is 10.0. The summed E-state index contributed by atoms with van der Waals surface area (Å²) in [4.78, 5) is 19.2. The highest BCUT2D eigenvalue weighted by atomic mass is 32.2. The molecular formula is C15H16FN3O5S2. The van der Waals surface area contributed by atoms with Crippen LogP contribution >= 0.6 is 11.3 Å². The molecule has 3 rings (SSSR count). The van der Waals surface area contributed by atoms with Gasteiger partial charge in [-0.2, -0.15) is 4.31 Å². The Bertz CT molecular complexity index is 885. The molecule has 1 saturated heterocycles. The molecule has 1 aliphatic heterocycles. The van der Waals surface area contributed by atoms with Crippen molar-refractivity contribution in [2.75, 3.05) is 20.2 Å². The second-order valence-corrected chi connectivity index (χ2v) is 8.36. The molecule has 0 amide bonds. The van der Waals surface area contributed by atoms with Crippen LogP contribution in [0.4, 0.5) is 4.39 Å². The molecule has 2 aromatic rings. The van der Waals surface area contributed by atoms with E-state index in [0.717, 1.165) is 23.7 Å². The smallest absolute Gasteiger partial charge is 0.349 e. The summed E-state index contributed by atoms with van der Waals surface area (Å²) in [6.07, 6.45) is 2.67. The molecule has 2 aromatic heterocycles. The first-order chi connectivity index (χ1) is 12.4. The third-order valence-electron chi connectivity index (χ3n) is 3.83. The van der Waals surface area contributed by atoms with E-state index in [4.69, 9.17) is 4.74 Å². The SMILES string of the molecule is COC(=O)c1sccc1S(=O)(=O)N1CCC[C@@H](Oc2ncc(F)cn2)C1. The van der Waals surface area contributed by atoms with Crippen molar-refractivity contribution in [3.8, 4) is 6.01 Å². The summed E-state index contributed by atoms with van der Waals surface area (Å²) in [5, 5.41) is 1.53. The molecule has 1 fully saturated rings. The molecule has 26 heavy (non-hydrogen) atoms. The van der Waals surface area contributed by atoms with E-state index in [-0.39, 0.29) is 22.3 Å². The summed E-state index contributed by atoms with van der Waals surface area (Å²) in [5.41, 5.74) is 0. The maximum atomic E-state index is 12.9. The summed E-state index contributed by atoms with van der Waals surface area (Å²) in [6.45, 7) is 0.391. The van der Waals surface area contributed by atoms with E-state index in [9.17, 15) is 17.6 Å². The molecule has 1 atom stereocenters. The third kappa shape index (κ3) is 3.84. The molecule has 0 saturated carbocycles. The van der Waals surface area contributed by atoms with E-state index in [1.54, 1.807) is 0 Å². The quantitative estimate of drug-likeness (QED) is 0.703. The molecule has 11 heteroatoms. The van der Waals surface area contributed by atoms with Gasteiger partial charge in [-0.3, -0.25) is 0 Å². The Morgan fingerprint density at radius 3 is 2.81 bits per heavy atom. The lowest BCUT2D eigenvalue weighted by atomic mass is 10.1. The molecular weight excluding hydrogens is 385 g/mol. The van der Waals surface area contributed by atoms with Gasteiger partial charge in [-0.1, -0.05) is 0 Å². The summed E-state index contributed by atoms with van der Waals surface area (Å²) in [6, 6.07) is 1.38. The largest absolute Gasteiger partial charge is 0.465 e. The first-order valence-electron chi connectivity index (χ1n) is 7.72. The van der Waals surface area contributed by atoms with Crippen LogP contribution in [-0.4, -0.2) is 55.0 Å². The predicted octanol–water partition coefficient (Wildman–Crippen LogP) is 1.70. The Hall–Kier alpha value is -2.11. The van der Waals surface area contributed by atoms with Crippen LogP contribution in [0.3, 0.4) is 0 Å². The first kappa shape index (κ1) is 18.7. The lowest BCUT2D eigenvalue weighted by Gasteiger charge is -2.31. The van der Waals surface area contributed by atoms with E-state index in [1.807, 2.05) is 0 Å². The Kier molecular flexibility index (Phi) is 5.49. The van der Waals surface area contributed by atoms with Crippen molar-refractivity contribution < 1.29 is 27.1 Å². The van der Waals surface area contributed by atoms with E-state index in [0.29, 0.717) is 19.4 Å². The number of sulfonamides is 1. The Morgan fingerprint density at radius 2 is 2.12 bits per heavy atom. The van der Waals surface area contributed by atoms with Crippen molar-refractivity contribution in [3.63, 3.8) is 0 Å². The van der Waals surface area contributed by atoms with Gasteiger partial charge in [0.05, 0.1) is 26.0 Å². The van der Waals surface area contributed by atoms with Crippen LogP contribution in [0, 0.1) is 5.82 Å². The number of hydrogen-bond acceptors (Lipinski definition) is 8. The fraction of sp³-hybridized carbons (Fsp3) is 0.400. The minimum Gasteiger partial charge on any atom is -0.465 e. The molecule has 0 aromatic carbocycles. The number of esters is 1. The number of carbonyl (C=O) groups excluding carboxylic acids is 1. The summed E-state index contributed by atoms with van der Waals surface area (Å²) >= 11 is 1.01. The minimum atomic E-state index is -3.87. The van der Waals surface area contributed by atoms with E-state index < -0.39 is 27.9 Å². The van der Waals surface area contributed by atoms with Crippen LogP contribution in [0.1, 0.15) is 22.5 Å². The van der Waals surface area contributed by atoms with Gasteiger partial charge in [-0.25, -0.2) is 27.6 Å². The Balaban J connectivity index is 1.77. The van der Waals surface area contributed by atoms with Gasteiger partial charge < -0.3 is 9.47 Å². The van der Waals surface area contributed by atoms with Crippen LogP contribution in [0.25, 0.3) is 0 Å². The standard InChI is InChI=1S/C15H16FN3O5S2/c1-23-14(20)13-12(4-6-25-13)26(21,22)19-5-2-3-11(9-19)24-15-17-7-10(16)8-18-15/h4,6-8,11H,2-3,5,9H2,1H3/t11-/m1/s1. The van der Waals surface area contributed by atoms with Gasteiger partial charge >= 0.3 is 12.0 Å². The Morgan fingerprint density at radius 1 is 1.38 bits per heavy atom. The highest BCUT2D eigenvalue weighted by Crippen LogP contribution is 2.28. The molecule has 0 aliphatic carbocycles. The summed E-state index contributed by atoms with van der Waals surface area (Å²) < 4.78 is 50.2. The van der Waals surface area contributed by atoms with Crippen LogP contribution in [-0.2, 0) is 14.8 Å². The molecule has 8 nitrogen and oxygen atoms in total. The average molecular weight is 401 g/mol. The summed E-state index contributed by atoms with van der Waals surface area (Å²) in [5.74, 6) is -1.28. The minimum absolute atomic E-state index is 0.0126. The van der Waals surface area contributed by atoms with Crippen LogP contribution in [0.15, 0.2) is 28.7 Å². The van der Waals surface area contributed by atoms with Crippen molar-refractivity contribution in [2.45, 2.75) is 23.8 Å². The van der Waals surface area contributed by atoms with Crippen LogP contribution in [0.2, 0.25) is 0 Å². The van der Waals surface area contributed by atoms with Gasteiger partial charge in [-0.15, -0.1) is 11.3 Å². The van der Waals surface area contributed by atoms with Crippen molar-refractivity contribution in [2.24, 2.45) is 0 Å². The molecule has 0 bridgehead atoms.